The number of hydrogen-bond donors (Lipinski definition) is 1. The van der Waals surface area contributed by atoms with Gasteiger partial charge >= 0.3 is 0 Å². The number of benzene rings is 2. The molecule has 3 amide bonds. The van der Waals surface area contributed by atoms with Crippen LogP contribution >= 0.6 is 0 Å². The molecule has 0 fully saturated rings. The molecule has 176 valence electrons. The Balaban J connectivity index is 1.43. The monoisotopic (exact) mass is 473 g/mol. The Hall–Kier alpha value is -3.40. The molecule has 2 aromatic carbocycles. The van der Waals surface area contributed by atoms with Crippen LogP contribution in [0, 0.1) is 0 Å². The fraction of sp³-hybridized carbons (Fsp3) is 0.348. The molecule has 0 bridgehead atoms. The summed E-state index contributed by atoms with van der Waals surface area (Å²) >= 11 is 0. The first-order valence-electron chi connectivity index (χ1n) is 10.5. The summed E-state index contributed by atoms with van der Waals surface area (Å²) < 4.78 is 28.8. The van der Waals surface area contributed by atoms with Gasteiger partial charge in [-0.3, -0.25) is 14.4 Å². The third kappa shape index (κ3) is 6.55. The second-order valence-electron chi connectivity index (χ2n) is 7.81. The number of rotatable bonds is 9. The predicted molar refractivity (Wildman–Crippen MR) is 124 cm³/mol. The van der Waals surface area contributed by atoms with E-state index in [0.29, 0.717) is 36.7 Å². The van der Waals surface area contributed by atoms with Crippen molar-refractivity contribution in [3.63, 3.8) is 0 Å². The van der Waals surface area contributed by atoms with E-state index in [9.17, 15) is 22.8 Å². The minimum atomic E-state index is -3.31. The van der Waals surface area contributed by atoms with E-state index in [4.69, 9.17) is 4.74 Å². The highest BCUT2D eigenvalue weighted by Crippen LogP contribution is 2.29. The van der Waals surface area contributed by atoms with Crippen LogP contribution in [0.5, 0.6) is 5.75 Å². The number of para-hydroxylation sites is 2. The van der Waals surface area contributed by atoms with Gasteiger partial charge in [-0.2, -0.15) is 0 Å². The zero-order valence-electron chi connectivity index (χ0n) is 18.6. The van der Waals surface area contributed by atoms with Gasteiger partial charge in [0.1, 0.15) is 12.3 Å². The van der Waals surface area contributed by atoms with Gasteiger partial charge in [0.15, 0.2) is 9.84 Å². The first-order valence-corrected chi connectivity index (χ1v) is 12.4. The van der Waals surface area contributed by atoms with Gasteiger partial charge in [-0.1, -0.05) is 18.2 Å². The summed E-state index contributed by atoms with van der Waals surface area (Å²) in [6.45, 7) is 0.662. The van der Waals surface area contributed by atoms with Crippen molar-refractivity contribution in [3.05, 3.63) is 48.5 Å². The summed E-state index contributed by atoms with van der Waals surface area (Å²) in [5.74, 6) is -0.291. The minimum Gasteiger partial charge on any atom is -0.493 e. The summed E-state index contributed by atoms with van der Waals surface area (Å²) in [6.07, 6.45) is 1.71. The number of hydrogen-bond acceptors (Lipinski definition) is 6. The summed E-state index contributed by atoms with van der Waals surface area (Å²) in [4.78, 5) is 40.1. The molecule has 0 saturated carbocycles. The number of carbonyl (C=O) groups excluding carboxylic acids is 3. The summed E-state index contributed by atoms with van der Waals surface area (Å²) in [7, 11) is -1.65. The molecule has 10 heteroatoms. The Bertz CT molecular complexity index is 1150. The van der Waals surface area contributed by atoms with E-state index >= 15 is 0 Å². The number of nitrogens with zero attached hydrogens (tertiary/aromatic N) is 2. The van der Waals surface area contributed by atoms with Gasteiger partial charge in [0.05, 0.1) is 22.9 Å². The van der Waals surface area contributed by atoms with Crippen LogP contribution in [0.15, 0.2) is 53.4 Å². The Kier molecular flexibility index (Phi) is 7.70. The van der Waals surface area contributed by atoms with Crippen LogP contribution in [0.25, 0.3) is 0 Å². The van der Waals surface area contributed by atoms with Gasteiger partial charge in [0.2, 0.25) is 17.7 Å². The number of ether oxygens (including phenoxy) is 1. The van der Waals surface area contributed by atoms with Crippen molar-refractivity contribution in [2.45, 2.75) is 24.2 Å². The van der Waals surface area contributed by atoms with Crippen molar-refractivity contribution in [1.29, 1.82) is 0 Å². The fourth-order valence-electron chi connectivity index (χ4n) is 3.41. The zero-order valence-corrected chi connectivity index (χ0v) is 19.4. The number of carbonyl (C=O) groups is 3. The topological polar surface area (TPSA) is 113 Å². The summed E-state index contributed by atoms with van der Waals surface area (Å²) in [6, 6.07) is 13.3. The highest BCUT2D eigenvalue weighted by molar-refractivity contribution is 7.90. The Morgan fingerprint density at radius 2 is 1.88 bits per heavy atom. The molecular weight excluding hydrogens is 446 g/mol. The van der Waals surface area contributed by atoms with Crippen molar-refractivity contribution < 1.29 is 27.5 Å². The van der Waals surface area contributed by atoms with Crippen molar-refractivity contribution in [2.24, 2.45) is 0 Å². The lowest BCUT2D eigenvalue weighted by Crippen LogP contribution is -2.42. The minimum absolute atomic E-state index is 0.000425. The second-order valence-corrected chi connectivity index (χ2v) is 9.83. The molecule has 1 aliphatic rings. The van der Waals surface area contributed by atoms with E-state index in [1.165, 1.54) is 21.9 Å². The van der Waals surface area contributed by atoms with Gasteiger partial charge in [0, 0.05) is 32.7 Å². The van der Waals surface area contributed by atoms with Gasteiger partial charge < -0.3 is 19.9 Å². The van der Waals surface area contributed by atoms with Gasteiger partial charge in [-0.15, -0.1) is 0 Å². The van der Waals surface area contributed by atoms with Crippen LogP contribution in [-0.2, 0) is 24.2 Å². The van der Waals surface area contributed by atoms with E-state index in [2.05, 4.69) is 5.32 Å². The lowest BCUT2D eigenvalue weighted by atomic mass is 10.1. The van der Waals surface area contributed by atoms with Crippen LogP contribution in [-0.4, -0.2) is 64.0 Å². The first-order chi connectivity index (χ1) is 15.6. The largest absolute Gasteiger partial charge is 0.493 e. The third-order valence-electron chi connectivity index (χ3n) is 5.19. The molecule has 2 aromatic rings. The van der Waals surface area contributed by atoms with Crippen LogP contribution in [0.4, 0.5) is 11.4 Å². The number of amides is 3. The molecule has 0 aliphatic carbocycles. The molecule has 1 N–H and O–H groups in total. The molecular formula is C23H27N3O6S. The highest BCUT2D eigenvalue weighted by atomic mass is 32.2. The van der Waals surface area contributed by atoms with Crippen LogP contribution in [0.1, 0.15) is 19.3 Å². The van der Waals surface area contributed by atoms with Crippen LogP contribution in [0.3, 0.4) is 0 Å². The number of fused-ring (bicyclic) bond motifs is 1. The summed E-state index contributed by atoms with van der Waals surface area (Å²) in [5, 5.41) is 2.73. The Morgan fingerprint density at radius 3 is 2.64 bits per heavy atom. The standard InChI is InChI=1S/C23H27N3O6S/c1-25(13-6-14-32-17-7-5-8-18(15-17)33(2,30)31)22(28)11-12-23(29)26-16-21(27)24-19-9-3-4-10-20(19)26/h3-5,7-10,15H,6,11-14,16H2,1-2H3,(H,24,27). The van der Waals surface area contributed by atoms with E-state index in [0.717, 1.165) is 6.26 Å². The van der Waals surface area contributed by atoms with E-state index < -0.39 is 9.84 Å². The lowest BCUT2D eigenvalue weighted by molar-refractivity contribution is -0.132. The SMILES string of the molecule is CN(CCCOc1cccc(S(C)(=O)=O)c1)C(=O)CCC(=O)N1CC(=O)Nc2ccccc21. The molecule has 0 atom stereocenters. The second kappa shape index (κ2) is 10.5. The lowest BCUT2D eigenvalue weighted by Gasteiger charge is -2.29. The van der Waals surface area contributed by atoms with Crippen LogP contribution in [0.2, 0.25) is 0 Å². The maximum absolute atomic E-state index is 12.7. The quantitative estimate of drug-likeness (QED) is 0.558. The van der Waals surface area contributed by atoms with E-state index in [-0.39, 0.29) is 42.0 Å². The van der Waals surface area contributed by atoms with Gasteiger partial charge in [-0.05, 0) is 36.8 Å². The van der Waals surface area contributed by atoms with Crippen molar-refractivity contribution >= 4 is 38.9 Å². The number of nitrogens with one attached hydrogen (secondary N) is 1. The normalized spacial score (nSPS) is 13.2. The van der Waals surface area contributed by atoms with E-state index in [1.807, 2.05) is 0 Å². The number of sulfone groups is 1. The van der Waals surface area contributed by atoms with Gasteiger partial charge in [-0.25, -0.2) is 8.42 Å². The fourth-order valence-corrected chi connectivity index (χ4v) is 4.06. The molecule has 0 radical (unpaired) electrons. The van der Waals surface area contributed by atoms with E-state index in [1.54, 1.807) is 43.4 Å². The Morgan fingerprint density at radius 1 is 1.12 bits per heavy atom. The molecule has 0 aromatic heterocycles. The molecule has 1 aliphatic heterocycles. The van der Waals surface area contributed by atoms with Crippen LogP contribution < -0.4 is 15.0 Å². The van der Waals surface area contributed by atoms with Crippen molar-refractivity contribution in [1.82, 2.24) is 4.90 Å². The molecule has 0 saturated heterocycles. The molecule has 3 rings (SSSR count). The average Bonchev–Trinajstić information content (AvgIpc) is 2.79. The zero-order chi connectivity index (χ0) is 24.0. The highest BCUT2D eigenvalue weighted by Gasteiger charge is 2.26. The average molecular weight is 474 g/mol. The van der Waals surface area contributed by atoms with Gasteiger partial charge in [0.25, 0.3) is 0 Å². The maximum atomic E-state index is 12.7. The maximum Gasteiger partial charge on any atom is 0.244 e. The Labute approximate surface area is 193 Å². The third-order valence-corrected chi connectivity index (χ3v) is 6.30. The van der Waals surface area contributed by atoms with Crippen molar-refractivity contribution in [2.75, 3.05) is 43.2 Å². The summed E-state index contributed by atoms with van der Waals surface area (Å²) in [5.41, 5.74) is 1.20. The first kappa shape index (κ1) is 24.2. The molecule has 0 unspecified atom stereocenters. The molecule has 0 spiro atoms. The predicted octanol–water partition coefficient (Wildman–Crippen LogP) is 2.08. The molecule has 9 nitrogen and oxygen atoms in total. The number of anilines is 2. The van der Waals surface area contributed by atoms with Crippen molar-refractivity contribution in [3.8, 4) is 5.75 Å². The smallest absolute Gasteiger partial charge is 0.244 e. The molecule has 1 heterocycles. The molecule has 33 heavy (non-hydrogen) atoms.